The second kappa shape index (κ2) is 6.07. The molecule has 2 rings (SSSR count). The number of aryl methyl sites for hydroxylation is 1. The average Bonchev–Trinajstić information content (AvgIpc) is 2.80. The van der Waals surface area contributed by atoms with E-state index in [0.717, 1.165) is 5.56 Å². The first-order valence-electron chi connectivity index (χ1n) is 6.07. The quantitative estimate of drug-likeness (QED) is 0.788. The molecule has 7 heteroatoms. The summed E-state index contributed by atoms with van der Waals surface area (Å²) in [5, 5.41) is 9.50. The van der Waals surface area contributed by atoms with Crippen LogP contribution in [0.5, 0.6) is 5.75 Å². The molecule has 20 heavy (non-hydrogen) atoms. The number of nitrogens with one attached hydrogen (secondary N) is 2. The van der Waals surface area contributed by atoms with E-state index in [1.807, 2.05) is 12.1 Å². The highest BCUT2D eigenvalue weighted by molar-refractivity contribution is 6.00. The van der Waals surface area contributed by atoms with Crippen LogP contribution in [-0.2, 0) is 13.6 Å². The highest BCUT2D eigenvalue weighted by atomic mass is 16.5. The van der Waals surface area contributed by atoms with Crippen LogP contribution < -0.4 is 21.1 Å². The van der Waals surface area contributed by atoms with Crippen molar-refractivity contribution in [3.63, 3.8) is 0 Å². The number of nitrogens with two attached hydrogens (primary N) is 1. The number of amides is 2. The van der Waals surface area contributed by atoms with Crippen LogP contribution in [0.15, 0.2) is 30.5 Å². The SMILES string of the molecule is COc1ccccc1NC(=O)Nc1c(CN)cnn1C. The number of aromatic nitrogens is 2. The van der Waals surface area contributed by atoms with Crippen molar-refractivity contribution in [3.05, 3.63) is 36.0 Å². The third-order valence-corrected chi connectivity index (χ3v) is 2.82. The molecule has 0 bridgehead atoms. The van der Waals surface area contributed by atoms with Crippen LogP contribution in [0.3, 0.4) is 0 Å². The highest BCUT2D eigenvalue weighted by Crippen LogP contribution is 2.23. The van der Waals surface area contributed by atoms with E-state index in [1.165, 1.54) is 0 Å². The summed E-state index contributed by atoms with van der Waals surface area (Å²) in [7, 11) is 3.28. The standard InChI is InChI=1S/C13H17N5O2/c1-18-12(9(7-14)8-15-18)17-13(19)16-10-5-3-4-6-11(10)20-2/h3-6,8H,7,14H2,1-2H3,(H2,16,17,19). The Bertz CT molecular complexity index is 609. The van der Waals surface area contributed by atoms with E-state index >= 15 is 0 Å². The summed E-state index contributed by atoms with van der Waals surface area (Å²) in [5.41, 5.74) is 6.95. The molecule has 106 valence electrons. The molecule has 0 saturated carbocycles. The summed E-state index contributed by atoms with van der Waals surface area (Å²) in [6.45, 7) is 0.304. The number of carbonyl (C=O) groups excluding carboxylic acids is 1. The molecule has 2 amide bonds. The number of carbonyl (C=O) groups is 1. The third kappa shape index (κ3) is 2.89. The van der Waals surface area contributed by atoms with Crippen molar-refractivity contribution in [2.75, 3.05) is 17.7 Å². The van der Waals surface area contributed by atoms with E-state index in [4.69, 9.17) is 10.5 Å². The maximum absolute atomic E-state index is 12.0. The zero-order chi connectivity index (χ0) is 14.5. The Kier molecular flexibility index (Phi) is 4.21. The molecular weight excluding hydrogens is 258 g/mol. The molecule has 7 nitrogen and oxygen atoms in total. The molecule has 0 unspecified atom stereocenters. The number of hydrogen-bond acceptors (Lipinski definition) is 4. The van der Waals surface area contributed by atoms with Crippen molar-refractivity contribution in [1.29, 1.82) is 0 Å². The lowest BCUT2D eigenvalue weighted by atomic mass is 10.3. The van der Waals surface area contributed by atoms with Crippen molar-refractivity contribution < 1.29 is 9.53 Å². The predicted octanol–water partition coefficient (Wildman–Crippen LogP) is 1.53. The van der Waals surface area contributed by atoms with Crippen molar-refractivity contribution in [2.45, 2.75) is 6.54 Å². The van der Waals surface area contributed by atoms with E-state index in [2.05, 4.69) is 15.7 Å². The maximum Gasteiger partial charge on any atom is 0.324 e. The second-order valence-electron chi connectivity index (χ2n) is 4.13. The minimum Gasteiger partial charge on any atom is -0.495 e. The van der Waals surface area contributed by atoms with Gasteiger partial charge >= 0.3 is 6.03 Å². The zero-order valence-electron chi connectivity index (χ0n) is 11.4. The summed E-state index contributed by atoms with van der Waals surface area (Å²) in [4.78, 5) is 12.0. The maximum atomic E-state index is 12.0. The number of ether oxygens (including phenoxy) is 1. The lowest BCUT2D eigenvalue weighted by Gasteiger charge is -2.11. The van der Waals surface area contributed by atoms with Gasteiger partial charge in [-0.1, -0.05) is 12.1 Å². The number of methoxy groups -OCH3 is 1. The van der Waals surface area contributed by atoms with Gasteiger partial charge in [-0.25, -0.2) is 4.79 Å². The first-order valence-corrected chi connectivity index (χ1v) is 6.07. The van der Waals surface area contributed by atoms with Gasteiger partial charge in [-0.3, -0.25) is 10.00 Å². The van der Waals surface area contributed by atoms with Gasteiger partial charge in [0.25, 0.3) is 0 Å². The van der Waals surface area contributed by atoms with Crippen molar-refractivity contribution in [3.8, 4) is 5.75 Å². The van der Waals surface area contributed by atoms with Crippen LogP contribution in [0, 0.1) is 0 Å². The van der Waals surface area contributed by atoms with Crippen LogP contribution in [0.1, 0.15) is 5.56 Å². The topological polar surface area (TPSA) is 94.2 Å². The van der Waals surface area contributed by atoms with E-state index in [-0.39, 0.29) is 6.03 Å². The number of urea groups is 1. The Morgan fingerprint density at radius 1 is 1.40 bits per heavy atom. The number of rotatable bonds is 4. The molecule has 4 N–H and O–H groups in total. The van der Waals surface area contributed by atoms with Crippen LogP contribution in [0.4, 0.5) is 16.3 Å². The van der Waals surface area contributed by atoms with Gasteiger partial charge < -0.3 is 15.8 Å². The van der Waals surface area contributed by atoms with Gasteiger partial charge in [0.15, 0.2) is 0 Å². The van der Waals surface area contributed by atoms with Crippen LogP contribution >= 0.6 is 0 Å². The van der Waals surface area contributed by atoms with Gasteiger partial charge in [0.2, 0.25) is 0 Å². The third-order valence-electron chi connectivity index (χ3n) is 2.82. The summed E-state index contributed by atoms with van der Waals surface area (Å²) < 4.78 is 6.73. The van der Waals surface area contributed by atoms with Crippen LogP contribution in [0.2, 0.25) is 0 Å². The Morgan fingerprint density at radius 2 is 2.15 bits per heavy atom. The summed E-state index contributed by atoms with van der Waals surface area (Å²) in [6.07, 6.45) is 1.62. The molecule has 1 aromatic heterocycles. The van der Waals surface area contributed by atoms with E-state index < -0.39 is 0 Å². The molecule has 0 saturated heterocycles. The largest absolute Gasteiger partial charge is 0.495 e. The number of para-hydroxylation sites is 2. The van der Waals surface area contributed by atoms with Crippen LogP contribution in [0.25, 0.3) is 0 Å². The normalized spacial score (nSPS) is 10.2. The number of benzene rings is 1. The fraction of sp³-hybridized carbons (Fsp3) is 0.231. The molecule has 0 fully saturated rings. The molecule has 0 radical (unpaired) electrons. The van der Waals surface area contributed by atoms with Gasteiger partial charge in [0.05, 0.1) is 19.0 Å². The molecule has 1 heterocycles. The Morgan fingerprint density at radius 3 is 2.85 bits per heavy atom. The smallest absolute Gasteiger partial charge is 0.324 e. The van der Waals surface area contributed by atoms with Gasteiger partial charge in [-0.15, -0.1) is 0 Å². The summed E-state index contributed by atoms with van der Waals surface area (Å²) in [6, 6.07) is 6.78. The Labute approximate surface area is 116 Å². The van der Waals surface area contributed by atoms with Crippen LogP contribution in [-0.4, -0.2) is 22.9 Å². The van der Waals surface area contributed by atoms with Crippen molar-refractivity contribution in [2.24, 2.45) is 12.8 Å². The molecule has 0 atom stereocenters. The minimum absolute atomic E-state index is 0.304. The highest BCUT2D eigenvalue weighted by Gasteiger charge is 2.12. The second-order valence-corrected chi connectivity index (χ2v) is 4.13. The van der Waals surface area contributed by atoms with Gasteiger partial charge in [-0.2, -0.15) is 5.10 Å². The van der Waals surface area contributed by atoms with Gasteiger partial charge in [-0.05, 0) is 12.1 Å². The van der Waals surface area contributed by atoms with Gasteiger partial charge in [0.1, 0.15) is 11.6 Å². The zero-order valence-corrected chi connectivity index (χ0v) is 11.4. The molecular formula is C13H17N5O2. The van der Waals surface area contributed by atoms with E-state index in [9.17, 15) is 4.79 Å². The molecule has 0 aliphatic heterocycles. The summed E-state index contributed by atoms with van der Waals surface area (Å²) in [5.74, 6) is 1.16. The number of nitrogens with zero attached hydrogens (tertiary/aromatic N) is 2. The fourth-order valence-electron chi connectivity index (χ4n) is 1.80. The Hall–Kier alpha value is -2.54. The first-order chi connectivity index (χ1) is 9.65. The lowest BCUT2D eigenvalue weighted by Crippen LogP contribution is -2.22. The average molecular weight is 275 g/mol. The number of anilines is 2. The van der Waals surface area contributed by atoms with Gasteiger partial charge in [0, 0.05) is 19.2 Å². The van der Waals surface area contributed by atoms with E-state index in [1.54, 1.807) is 37.2 Å². The molecule has 0 aliphatic carbocycles. The Balaban J connectivity index is 2.11. The minimum atomic E-state index is -0.382. The monoisotopic (exact) mass is 275 g/mol. The summed E-state index contributed by atoms with van der Waals surface area (Å²) >= 11 is 0. The fourth-order valence-corrected chi connectivity index (χ4v) is 1.80. The molecule has 0 spiro atoms. The van der Waals surface area contributed by atoms with Crippen molar-refractivity contribution in [1.82, 2.24) is 9.78 Å². The number of hydrogen-bond donors (Lipinski definition) is 3. The molecule has 0 aliphatic rings. The molecule has 1 aromatic carbocycles. The molecule has 2 aromatic rings. The lowest BCUT2D eigenvalue weighted by molar-refractivity contribution is 0.262. The van der Waals surface area contributed by atoms with Crippen molar-refractivity contribution >= 4 is 17.5 Å². The predicted molar refractivity (Wildman–Crippen MR) is 76.7 cm³/mol. The first kappa shape index (κ1) is 13.9. The van der Waals surface area contributed by atoms with E-state index in [0.29, 0.717) is 23.8 Å².